The van der Waals surface area contributed by atoms with Crippen LogP contribution in [0.5, 0.6) is 0 Å². The van der Waals surface area contributed by atoms with Crippen molar-refractivity contribution in [2.45, 2.75) is 0 Å². The van der Waals surface area contributed by atoms with E-state index < -0.39 is 11.6 Å². The summed E-state index contributed by atoms with van der Waals surface area (Å²) in [7, 11) is 0. The predicted molar refractivity (Wildman–Crippen MR) is 79.5 cm³/mol. The quantitative estimate of drug-likeness (QED) is 0.674. The summed E-state index contributed by atoms with van der Waals surface area (Å²) in [6.07, 6.45) is 1.41. The number of hydrogen-bond acceptors (Lipinski definition) is 2. The fourth-order valence-electron chi connectivity index (χ4n) is 2.13. The Hall–Kier alpha value is -2.81. The Balaban J connectivity index is 1.91. The lowest BCUT2D eigenvalue weighted by molar-refractivity contribution is 0.103. The molecule has 0 bridgehead atoms. The maximum absolute atomic E-state index is 13.6. The molecule has 0 aliphatic heterocycles. The highest BCUT2D eigenvalue weighted by Gasteiger charge is 2.14. The zero-order valence-corrected chi connectivity index (χ0v) is 11.2. The normalized spacial score (nSPS) is 10.3. The second-order valence-corrected chi connectivity index (χ2v) is 4.61. The third kappa shape index (κ3) is 2.72. The minimum atomic E-state index is -0.602. The van der Waals surface area contributed by atoms with Crippen LogP contribution in [0.1, 0.15) is 16.1 Å². The third-order valence-corrected chi connectivity index (χ3v) is 3.23. The fraction of sp³-hybridized carbons (Fsp3) is 0. The first-order chi connectivity index (χ1) is 10.3. The van der Waals surface area contributed by atoms with E-state index in [-0.39, 0.29) is 5.69 Å². The van der Waals surface area contributed by atoms with Crippen LogP contribution >= 0.6 is 0 Å². The Bertz CT molecular complexity index is 767. The fourth-order valence-corrected chi connectivity index (χ4v) is 2.13. The molecule has 102 valence electrons. The Kier molecular flexibility index (Phi) is 3.56. The summed E-state index contributed by atoms with van der Waals surface area (Å²) in [4.78, 5) is 16.0. The first kappa shape index (κ1) is 13.2. The van der Waals surface area contributed by atoms with Gasteiger partial charge in [0.25, 0.3) is 0 Å². The van der Waals surface area contributed by atoms with Crippen molar-refractivity contribution in [3.63, 3.8) is 0 Å². The monoisotopic (exact) mass is 277 g/mol. The average molecular weight is 277 g/mol. The highest BCUT2D eigenvalue weighted by atomic mass is 19.1. The van der Waals surface area contributed by atoms with Crippen molar-refractivity contribution in [1.29, 1.82) is 0 Å². The molecule has 0 N–H and O–H groups in total. The van der Waals surface area contributed by atoms with E-state index in [1.54, 1.807) is 12.1 Å². The van der Waals surface area contributed by atoms with E-state index in [0.29, 0.717) is 5.56 Å². The number of rotatable bonds is 3. The molecule has 1 heterocycles. The van der Waals surface area contributed by atoms with Gasteiger partial charge in [-0.05, 0) is 23.3 Å². The number of aromatic nitrogens is 1. The zero-order valence-electron chi connectivity index (χ0n) is 11.2. The van der Waals surface area contributed by atoms with Gasteiger partial charge in [0.2, 0.25) is 5.78 Å². The molecule has 0 fully saturated rings. The van der Waals surface area contributed by atoms with Gasteiger partial charge in [0.15, 0.2) is 5.82 Å². The van der Waals surface area contributed by atoms with Crippen molar-refractivity contribution in [2.24, 2.45) is 0 Å². The maximum atomic E-state index is 13.6. The summed E-state index contributed by atoms with van der Waals surface area (Å²) >= 11 is 0. The number of halogens is 1. The molecule has 0 aliphatic carbocycles. The Labute approximate surface area is 121 Å². The molecule has 0 atom stereocenters. The minimum Gasteiger partial charge on any atom is -0.287 e. The van der Waals surface area contributed by atoms with E-state index in [4.69, 9.17) is 0 Å². The SMILES string of the molecule is O=C(c1ccc(-c2ccccc2)cc1)c1ncccc1F. The van der Waals surface area contributed by atoms with Crippen LogP contribution in [0.25, 0.3) is 11.1 Å². The summed E-state index contributed by atoms with van der Waals surface area (Å²) < 4.78 is 13.6. The molecular formula is C18H12FNO. The van der Waals surface area contributed by atoms with Crippen LogP contribution in [0.3, 0.4) is 0 Å². The van der Waals surface area contributed by atoms with Gasteiger partial charge in [0.05, 0.1) is 0 Å². The van der Waals surface area contributed by atoms with Gasteiger partial charge >= 0.3 is 0 Å². The lowest BCUT2D eigenvalue weighted by Gasteiger charge is -2.04. The summed E-state index contributed by atoms with van der Waals surface area (Å²) in [6, 6.07) is 19.6. The number of benzene rings is 2. The molecule has 0 spiro atoms. The molecule has 1 aromatic heterocycles. The van der Waals surface area contributed by atoms with Crippen molar-refractivity contribution in [2.75, 3.05) is 0 Å². The van der Waals surface area contributed by atoms with Crippen LogP contribution in [-0.4, -0.2) is 10.8 Å². The van der Waals surface area contributed by atoms with Gasteiger partial charge in [-0.3, -0.25) is 4.79 Å². The summed E-state index contributed by atoms with van der Waals surface area (Å²) in [5, 5.41) is 0. The Morgan fingerprint density at radius 2 is 1.48 bits per heavy atom. The van der Waals surface area contributed by atoms with Crippen molar-refractivity contribution in [1.82, 2.24) is 4.98 Å². The van der Waals surface area contributed by atoms with E-state index in [1.807, 2.05) is 42.5 Å². The molecule has 21 heavy (non-hydrogen) atoms. The number of carbonyl (C=O) groups is 1. The van der Waals surface area contributed by atoms with Gasteiger partial charge in [0, 0.05) is 11.8 Å². The Morgan fingerprint density at radius 3 is 2.14 bits per heavy atom. The van der Waals surface area contributed by atoms with Crippen molar-refractivity contribution in [3.8, 4) is 11.1 Å². The average Bonchev–Trinajstić information content (AvgIpc) is 2.56. The summed E-state index contributed by atoms with van der Waals surface area (Å²) in [6.45, 7) is 0. The molecule has 3 aromatic rings. The molecule has 0 radical (unpaired) electrons. The molecule has 3 heteroatoms. The lowest BCUT2D eigenvalue weighted by atomic mass is 10.0. The van der Waals surface area contributed by atoms with Crippen molar-refractivity contribution in [3.05, 3.63) is 90.0 Å². The van der Waals surface area contributed by atoms with E-state index in [2.05, 4.69) is 4.98 Å². The topological polar surface area (TPSA) is 30.0 Å². The number of pyridine rings is 1. The van der Waals surface area contributed by atoms with Crippen LogP contribution in [-0.2, 0) is 0 Å². The highest BCUT2D eigenvalue weighted by Crippen LogP contribution is 2.20. The lowest BCUT2D eigenvalue weighted by Crippen LogP contribution is -2.06. The molecule has 2 nitrogen and oxygen atoms in total. The van der Waals surface area contributed by atoms with E-state index in [0.717, 1.165) is 11.1 Å². The van der Waals surface area contributed by atoms with Gasteiger partial charge in [-0.2, -0.15) is 0 Å². The molecule has 2 aromatic carbocycles. The second kappa shape index (κ2) is 5.67. The van der Waals surface area contributed by atoms with Crippen LogP contribution in [0, 0.1) is 5.82 Å². The summed E-state index contributed by atoms with van der Waals surface area (Å²) in [5.74, 6) is -1.01. The molecule has 0 amide bonds. The Morgan fingerprint density at radius 1 is 0.810 bits per heavy atom. The summed E-state index contributed by atoms with van der Waals surface area (Å²) in [5.41, 5.74) is 2.35. The van der Waals surface area contributed by atoms with E-state index in [1.165, 1.54) is 18.3 Å². The standard InChI is InChI=1S/C18H12FNO/c19-16-7-4-12-20-17(16)18(21)15-10-8-14(9-11-15)13-5-2-1-3-6-13/h1-12H. The largest absolute Gasteiger partial charge is 0.287 e. The van der Waals surface area contributed by atoms with Gasteiger partial charge in [0.1, 0.15) is 5.69 Å². The smallest absolute Gasteiger partial charge is 0.214 e. The third-order valence-electron chi connectivity index (χ3n) is 3.23. The van der Waals surface area contributed by atoms with Gasteiger partial charge in [-0.25, -0.2) is 9.37 Å². The number of carbonyl (C=O) groups excluding carboxylic acids is 1. The van der Waals surface area contributed by atoms with Gasteiger partial charge in [-0.15, -0.1) is 0 Å². The molecule has 0 saturated carbocycles. The van der Waals surface area contributed by atoms with Crippen LogP contribution in [0.2, 0.25) is 0 Å². The molecular weight excluding hydrogens is 265 g/mol. The second-order valence-electron chi connectivity index (χ2n) is 4.61. The first-order valence-electron chi connectivity index (χ1n) is 6.56. The van der Waals surface area contributed by atoms with Gasteiger partial charge in [-0.1, -0.05) is 54.6 Å². The predicted octanol–water partition coefficient (Wildman–Crippen LogP) is 4.12. The first-order valence-corrected chi connectivity index (χ1v) is 6.56. The number of ketones is 1. The molecule has 3 rings (SSSR count). The molecule has 0 aliphatic rings. The molecule has 0 unspecified atom stereocenters. The number of hydrogen-bond donors (Lipinski definition) is 0. The van der Waals surface area contributed by atoms with Crippen molar-refractivity contribution >= 4 is 5.78 Å². The van der Waals surface area contributed by atoms with Crippen LogP contribution in [0.4, 0.5) is 4.39 Å². The molecule has 0 saturated heterocycles. The van der Waals surface area contributed by atoms with Gasteiger partial charge < -0.3 is 0 Å². The van der Waals surface area contributed by atoms with Crippen molar-refractivity contribution < 1.29 is 9.18 Å². The van der Waals surface area contributed by atoms with Crippen LogP contribution < -0.4 is 0 Å². The van der Waals surface area contributed by atoms with Crippen LogP contribution in [0.15, 0.2) is 72.9 Å². The number of nitrogens with zero attached hydrogens (tertiary/aromatic N) is 1. The highest BCUT2D eigenvalue weighted by molar-refractivity contribution is 6.08. The van der Waals surface area contributed by atoms with E-state index in [9.17, 15) is 9.18 Å². The van der Waals surface area contributed by atoms with E-state index >= 15 is 0 Å². The zero-order chi connectivity index (χ0) is 14.7. The minimum absolute atomic E-state index is 0.148. The maximum Gasteiger partial charge on any atom is 0.214 e.